The number of benzene rings is 1. The summed E-state index contributed by atoms with van der Waals surface area (Å²) in [5, 5.41) is 2.81. The van der Waals surface area contributed by atoms with Crippen molar-refractivity contribution >= 4 is 17.5 Å². The van der Waals surface area contributed by atoms with Gasteiger partial charge in [0.15, 0.2) is 11.5 Å². The van der Waals surface area contributed by atoms with E-state index in [4.69, 9.17) is 9.47 Å². The van der Waals surface area contributed by atoms with Gasteiger partial charge in [-0.05, 0) is 43.9 Å². The number of rotatable bonds is 4. The number of pyridine rings is 1. The first-order valence-electron chi connectivity index (χ1n) is 9.62. The van der Waals surface area contributed by atoms with Gasteiger partial charge >= 0.3 is 0 Å². The molecule has 3 heterocycles. The maximum Gasteiger partial charge on any atom is 0.257 e. The molecule has 1 aromatic heterocycles. The summed E-state index contributed by atoms with van der Waals surface area (Å²) in [4.78, 5) is 31.6. The number of piperidine rings is 1. The van der Waals surface area contributed by atoms with Gasteiger partial charge in [-0.3, -0.25) is 14.6 Å². The molecular formula is C21H23N3O4. The van der Waals surface area contributed by atoms with Crippen molar-refractivity contribution in [2.24, 2.45) is 0 Å². The first-order valence-corrected chi connectivity index (χ1v) is 9.62. The second-order valence-corrected chi connectivity index (χ2v) is 7.04. The lowest BCUT2D eigenvalue weighted by molar-refractivity contribution is 0.0607. The molecule has 4 rings (SSSR count). The Labute approximate surface area is 163 Å². The number of carbonyl (C=O) groups excluding carboxylic acids is 2. The molecule has 0 bridgehead atoms. The summed E-state index contributed by atoms with van der Waals surface area (Å²) in [6, 6.07) is 7.07. The van der Waals surface area contributed by atoms with Gasteiger partial charge in [0.05, 0.1) is 11.1 Å². The zero-order chi connectivity index (χ0) is 19.5. The van der Waals surface area contributed by atoms with Gasteiger partial charge in [0, 0.05) is 36.7 Å². The standard InChI is InChI=1S/C21H23N3O4/c1-2-17-5-3-4-8-24(17)21(26)15-9-14(11-22-12-15)20(25)23-16-6-7-18-19(10-16)28-13-27-18/h6-7,9-12,17H,2-5,8,13H2,1H3,(H,23,25). The van der Waals surface area contributed by atoms with Gasteiger partial charge in [0.25, 0.3) is 11.8 Å². The Morgan fingerprint density at radius 3 is 2.82 bits per heavy atom. The molecule has 1 fully saturated rings. The van der Waals surface area contributed by atoms with Gasteiger partial charge in [0.2, 0.25) is 6.79 Å². The van der Waals surface area contributed by atoms with Crippen LogP contribution in [0, 0.1) is 0 Å². The van der Waals surface area contributed by atoms with E-state index in [0.29, 0.717) is 28.3 Å². The first-order chi connectivity index (χ1) is 13.7. The van der Waals surface area contributed by atoms with E-state index in [1.165, 1.54) is 12.4 Å². The van der Waals surface area contributed by atoms with E-state index < -0.39 is 0 Å². The summed E-state index contributed by atoms with van der Waals surface area (Å²) in [6.45, 7) is 3.03. The maximum absolute atomic E-state index is 13.0. The van der Waals surface area contributed by atoms with Crippen LogP contribution in [0.15, 0.2) is 36.7 Å². The molecule has 28 heavy (non-hydrogen) atoms. The number of ether oxygens (including phenoxy) is 2. The smallest absolute Gasteiger partial charge is 0.257 e. The minimum atomic E-state index is -0.327. The fraction of sp³-hybridized carbons (Fsp3) is 0.381. The lowest BCUT2D eigenvalue weighted by Gasteiger charge is -2.35. The number of nitrogens with one attached hydrogen (secondary N) is 1. The van der Waals surface area contributed by atoms with E-state index in [-0.39, 0.29) is 24.6 Å². The third kappa shape index (κ3) is 3.65. The van der Waals surface area contributed by atoms with E-state index in [9.17, 15) is 9.59 Å². The van der Waals surface area contributed by atoms with Gasteiger partial charge in [-0.1, -0.05) is 6.92 Å². The molecule has 7 nitrogen and oxygen atoms in total. The molecule has 2 aliphatic rings. The number of amides is 2. The number of carbonyl (C=O) groups is 2. The van der Waals surface area contributed by atoms with Crippen molar-refractivity contribution in [3.05, 3.63) is 47.8 Å². The highest BCUT2D eigenvalue weighted by atomic mass is 16.7. The van der Waals surface area contributed by atoms with Crippen LogP contribution in [0.1, 0.15) is 53.3 Å². The Morgan fingerprint density at radius 2 is 1.96 bits per heavy atom. The summed E-state index contributed by atoms with van der Waals surface area (Å²) in [5.74, 6) is 0.860. The molecule has 1 N–H and O–H groups in total. The largest absolute Gasteiger partial charge is 0.454 e. The molecule has 1 aromatic carbocycles. The number of anilines is 1. The zero-order valence-electron chi connectivity index (χ0n) is 15.8. The van der Waals surface area contributed by atoms with E-state index in [1.807, 2.05) is 4.90 Å². The van der Waals surface area contributed by atoms with Crippen molar-refractivity contribution in [2.75, 3.05) is 18.7 Å². The van der Waals surface area contributed by atoms with E-state index in [0.717, 1.165) is 32.2 Å². The zero-order valence-corrected chi connectivity index (χ0v) is 15.8. The third-order valence-corrected chi connectivity index (χ3v) is 5.24. The molecule has 2 aliphatic heterocycles. The van der Waals surface area contributed by atoms with Crippen LogP contribution in [0.4, 0.5) is 5.69 Å². The van der Waals surface area contributed by atoms with Crippen molar-refractivity contribution in [2.45, 2.75) is 38.6 Å². The summed E-state index contributed by atoms with van der Waals surface area (Å²) in [7, 11) is 0. The average Bonchev–Trinajstić information content (AvgIpc) is 3.21. The summed E-state index contributed by atoms with van der Waals surface area (Å²) >= 11 is 0. The normalized spacial score (nSPS) is 18.0. The van der Waals surface area contributed by atoms with Crippen LogP contribution in [0.3, 0.4) is 0 Å². The predicted octanol–water partition coefficient (Wildman–Crippen LogP) is 3.47. The van der Waals surface area contributed by atoms with Gasteiger partial charge in [0.1, 0.15) is 0 Å². The monoisotopic (exact) mass is 381 g/mol. The van der Waals surface area contributed by atoms with Crippen LogP contribution in [0.5, 0.6) is 11.5 Å². The molecular weight excluding hydrogens is 358 g/mol. The Bertz CT molecular complexity index is 899. The number of nitrogens with zero attached hydrogens (tertiary/aromatic N) is 2. The molecule has 0 aliphatic carbocycles. The number of likely N-dealkylation sites (tertiary alicyclic amines) is 1. The highest BCUT2D eigenvalue weighted by Crippen LogP contribution is 2.34. The molecule has 1 saturated heterocycles. The van der Waals surface area contributed by atoms with Gasteiger partial charge in [-0.15, -0.1) is 0 Å². The Balaban J connectivity index is 1.50. The van der Waals surface area contributed by atoms with Crippen molar-refractivity contribution < 1.29 is 19.1 Å². The summed E-state index contributed by atoms with van der Waals surface area (Å²) in [5.41, 5.74) is 1.38. The average molecular weight is 381 g/mol. The first kappa shape index (κ1) is 18.3. The number of hydrogen-bond acceptors (Lipinski definition) is 5. The fourth-order valence-electron chi connectivity index (χ4n) is 3.72. The number of hydrogen-bond donors (Lipinski definition) is 1. The van der Waals surface area contributed by atoms with Crippen LogP contribution >= 0.6 is 0 Å². The topological polar surface area (TPSA) is 80.8 Å². The number of aromatic nitrogens is 1. The second-order valence-electron chi connectivity index (χ2n) is 7.04. The quantitative estimate of drug-likeness (QED) is 0.877. The lowest BCUT2D eigenvalue weighted by Crippen LogP contribution is -2.43. The minimum Gasteiger partial charge on any atom is -0.454 e. The van der Waals surface area contributed by atoms with Crippen LogP contribution in [0.25, 0.3) is 0 Å². The van der Waals surface area contributed by atoms with Gasteiger partial charge < -0.3 is 19.7 Å². The fourth-order valence-corrected chi connectivity index (χ4v) is 3.72. The van der Waals surface area contributed by atoms with E-state index in [1.54, 1.807) is 24.3 Å². The van der Waals surface area contributed by atoms with Gasteiger partial charge in [-0.2, -0.15) is 0 Å². The van der Waals surface area contributed by atoms with Crippen molar-refractivity contribution in [1.82, 2.24) is 9.88 Å². The highest BCUT2D eigenvalue weighted by molar-refractivity contribution is 6.06. The lowest BCUT2D eigenvalue weighted by atomic mass is 9.99. The molecule has 0 saturated carbocycles. The predicted molar refractivity (Wildman–Crippen MR) is 104 cm³/mol. The molecule has 2 amide bonds. The maximum atomic E-state index is 13.0. The Morgan fingerprint density at radius 1 is 1.14 bits per heavy atom. The minimum absolute atomic E-state index is 0.0585. The van der Waals surface area contributed by atoms with Gasteiger partial charge in [-0.25, -0.2) is 0 Å². The second kappa shape index (κ2) is 7.88. The van der Waals surface area contributed by atoms with Crippen LogP contribution in [-0.4, -0.2) is 41.1 Å². The molecule has 1 unspecified atom stereocenters. The molecule has 146 valence electrons. The van der Waals surface area contributed by atoms with E-state index in [2.05, 4.69) is 17.2 Å². The van der Waals surface area contributed by atoms with Crippen LogP contribution in [0.2, 0.25) is 0 Å². The number of fused-ring (bicyclic) bond motifs is 1. The van der Waals surface area contributed by atoms with E-state index >= 15 is 0 Å². The van der Waals surface area contributed by atoms with Crippen LogP contribution < -0.4 is 14.8 Å². The Kier molecular flexibility index (Phi) is 5.14. The van der Waals surface area contributed by atoms with Crippen molar-refractivity contribution in [3.63, 3.8) is 0 Å². The SMILES string of the molecule is CCC1CCCCN1C(=O)c1cncc(C(=O)Nc2ccc3c(c2)OCO3)c1. The molecule has 0 radical (unpaired) electrons. The van der Waals surface area contributed by atoms with Crippen molar-refractivity contribution in [1.29, 1.82) is 0 Å². The molecule has 0 spiro atoms. The molecule has 1 atom stereocenters. The highest BCUT2D eigenvalue weighted by Gasteiger charge is 2.26. The molecule has 7 heteroatoms. The Hall–Kier alpha value is -3.09. The summed E-state index contributed by atoms with van der Waals surface area (Å²) < 4.78 is 10.6. The molecule has 2 aromatic rings. The summed E-state index contributed by atoms with van der Waals surface area (Å²) in [6.07, 6.45) is 7.12. The van der Waals surface area contributed by atoms with Crippen LogP contribution in [-0.2, 0) is 0 Å². The third-order valence-electron chi connectivity index (χ3n) is 5.24. The van der Waals surface area contributed by atoms with Crippen molar-refractivity contribution in [3.8, 4) is 11.5 Å².